The summed E-state index contributed by atoms with van der Waals surface area (Å²) in [5.74, 6) is 0.552. The predicted molar refractivity (Wildman–Crippen MR) is 116 cm³/mol. The van der Waals surface area contributed by atoms with Gasteiger partial charge in [-0.05, 0) is 43.3 Å². The molecule has 0 spiro atoms. The van der Waals surface area contributed by atoms with Crippen LogP contribution in [0.15, 0.2) is 52.7 Å². The molecule has 2 N–H and O–H groups in total. The lowest BCUT2D eigenvalue weighted by Gasteiger charge is -2.07. The molecular formula is C19H19ClN4O2S2. The largest absolute Gasteiger partial charge is 0.354 e. The van der Waals surface area contributed by atoms with Crippen molar-refractivity contribution in [1.29, 1.82) is 0 Å². The lowest BCUT2D eigenvalue weighted by atomic mass is 10.2. The molecule has 6 nitrogen and oxygen atoms in total. The number of carbonyl (C=O) groups excluding carboxylic acids is 2. The second-order valence-electron chi connectivity index (χ2n) is 5.61. The van der Waals surface area contributed by atoms with Crippen molar-refractivity contribution in [1.82, 2.24) is 15.3 Å². The number of aromatic nitrogens is 2. The summed E-state index contributed by atoms with van der Waals surface area (Å²) in [5.41, 5.74) is 1.83. The lowest BCUT2D eigenvalue weighted by Crippen LogP contribution is -2.20. The number of halogens is 1. The number of benzene rings is 1. The Bertz CT molecular complexity index is 961. The Morgan fingerprint density at radius 3 is 2.46 bits per heavy atom. The average Bonchev–Trinajstić information content (AvgIpc) is 3.11. The first-order chi connectivity index (χ1) is 13.0. The SMILES string of the molecule is CNC(=O)c1cccc(NC(=O)c2ccc(SCc3csc(C)n3)cc2)n1.Cl. The van der Waals surface area contributed by atoms with Gasteiger partial charge < -0.3 is 10.6 Å². The summed E-state index contributed by atoms with van der Waals surface area (Å²) in [6.45, 7) is 1.99. The lowest BCUT2D eigenvalue weighted by molar-refractivity contribution is 0.0956. The van der Waals surface area contributed by atoms with E-state index in [-0.39, 0.29) is 29.9 Å². The van der Waals surface area contributed by atoms with E-state index in [0.29, 0.717) is 11.4 Å². The van der Waals surface area contributed by atoms with Crippen molar-refractivity contribution in [2.24, 2.45) is 0 Å². The van der Waals surface area contributed by atoms with Crippen LogP contribution in [-0.2, 0) is 5.75 Å². The van der Waals surface area contributed by atoms with Gasteiger partial charge in [0.25, 0.3) is 11.8 Å². The number of nitrogens with zero attached hydrogens (tertiary/aromatic N) is 2. The second kappa shape index (κ2) is 10.2. The number of aryl methyl sites for hydroxylation is 1. The number of hydrogen-bond acceptors (Lipinski definition) is 6. The molecule has 146 valence electrons. The van der Waals surface area contributed by atoms with Crippen molar-refractivity contribution >= 4 is 53.1 Å². The highest BCUT2D eigenvalue weighted by Crippen LogP contribution is 2.24. The van der Waals surface area contributed by atoms with Crippen molar-refractivity contribution in [3.05, 3.63) is 69.8 Å². The van der Waals surface area contributed by atoms with Crippen LogP contribution < -0.4 is 10.6 Å². The Kier molecular flexibility index (Phi) is 7.98. The summed E-state index contributed by atoms with van der Waals surface area (Å²) in [4.78, 5) is 33.7. The monoisotopic (exact) mass is 434 g/mol. The molecule has 2 aromatic heterocycles. The van der Waals surface area contributed by atoms with Crippen LogP contribution in [0.25, 0.3) is 0 Å². The third kappa shape index (κ3) is 5.79. The Morgan fingerprint density at radius 1 is 1.07 bits per heavy atom. The highest BCUT2D eigenvalue weighted by molar-refractivity contribution is 7.98. The van der Waals surface area contributed by atoms with Gasteiger partial charge in [-0.15, -0.1) is 35.5 Å². The minimum atomic E-state index is -0.303. The average molecular weight is 435 g/mol. The molecule has 0 fully saturated rings. The van der Waals surface area contributed by atoms with Crippen molar-refractivity contribution in [3.63, 3.8) is 0 Å². The number of hydrogen-bond donors (Lipinski definition) is 2. The van der Waals surface area contributed by atoms with Crippen LogP contribution in [0, 0.1) is 6.92 Å². The molecule has 0 bridgehead atoms. The number of amides is 2. The van der Waals surface area contributed by atoms with Crippen molar-refractivity contribution in [2.45, 2.75) is 17.6 Å². The summed E-state index contributed by atoms with van der Waals surface area (Å²) >= 11 is 3.32. The normalized spacial score (nSPS) is 10.1. The molecule has 0 unspecified atom stereocenters. The van der Waals surface area contributed by atoms with Gasteiger partial charge >= 0.3 is 0 Å². The first kappa shape index (κ1) is 21.9. The van der Waals surface area contributed by atoms with E-state index < -0.39 is 0 Å². The quantitative estimate of drug-likeness (QED) is 0.569. The van der Waals surface area contributed by atoms with Gasteiger partial charge in [0, 0.05) is 28.6 Å². The van der Waals surface area contributed by atoms with Crippen LogP contribution >= 0.6 is 35.5 Å². The van der Waals surface area contributed by atoms with Crippen LogP contribution in [0.4, 0.5) is 5.82 Å². The third-order valence-corrected chi connectivity index (χ3v) is 5.49. The zero-order valence-corrected chi connectivity index (χ0v) is 17.7. The van der Waals surface area contributed by atoms with Crippen LogP contribution in [0.5, 0.6) is 0 Å². The van der Waals surface area contributed by atoms with E-state index in [4.69, 9.17) is 0 Å². The minimum absolute atomic E-state index is 0. The first-order valence-electron chi connectivity index (χ1n) is 8.19. The molecule has 0 aliphatic carbocycles. The smallest absolute Gasteiger partial charge is 0.269 e. The van der Waals surface area contributed by atoms with Crippen molar-refractivity contribution < 1.29 is 9.59 Å². The Balaban J connectivity index is 0.00000280. The van der Waals surface area contributed by atoms with Gasteiger partial charge in [0.15, 0.2) is 0 Å². The summed E-state index contributed by atoms with van der Waals surface area (Å²) in [6.07, 6.45) is 0. The van der Waals surface area contributed by atoms with E-state index in [0.717, 1.165) is 21.3 Å². The van der Waals surface area contributed by atoms with E-state index in [1.807, 2.05) is 19.1 Å². The molecule has 0 saturated heterocycles. The zero-order chi connectivity index (χ0) is 19.2. The molecule has 28 heavy (non-hydrogen) atoms. The molecule has 9 heteroatoms. The number of anilines is 1. The number of nitrogens with one attached hydrogen (secondary N) is 2. The topological polar surface area (TPSA) is 84.0 Å². The molecule has 3 aromatic rings. The van der Waals surface area contributed by atoms with Gasteiger partial charge in [0.1, 0.15) is 11.5 Å². The second-order valence-corrected chi connectivity index (χ2v) is 7.72. The van der Waals surface area contributed by atoms with Gasteiger partial charge in [-0.1, -0.05) is 6.07 Å². The molecule has 0 radical (unpaired) electrons. The number of carbonyl (C=O) groups is 2. The van der Waals surface area contributed by atoms with E-state index in [1.165, 1.54) is 7.05 Å². The number of pyridine rings is 1. The molecule has 1 aromatic carbocycles. The number of thiazole rings is 1. The third-order valence-electron chi connectivity index (χ3n) is 3.62. The molecule has 0 aliphatic rings. The van der Waals surface area contributed by atoms with E-state index in [2.05, 4.69) is 26.0 Å². The van der Waals surface area contributed by atoms with Crippen molar-refractivity contribution in [3.8, 4) is 0 Å². The van der Waals surface area contributed by atoms with Gasteiger partial charge in [-0.3, -0.25) is 9.59 Å². The molecule has 0 saturated carbocycles. The fourth-order valence-corrected chi connectivity index (χ4v) is 3.79. The first-order valence-corrected chi connectivity index (χ1v) is 10.1. The summed E-state index contributed by atoms with van der Waals surface area (Å²) in [7, 11) is 1.53. The van der Waals surface area contributed by atoms with Gasteiger partial charge in [0.05, 0.1) is 10.7 Å². The number of thioether (sulfide) groups is 1. The van der Waals surface area contributed by atoms with Gasteiger partial charge in [-0.2, -0.15) is 0 Å². The molecule has 2 heterocycles. The maximum atomic E-state index is 12.4. The maximum absolute atomic E-state index is 12.4. The van der Waals surface area contributed by atoms with Crippen LogP contribution in [0.2, 0.25) is 0 Å². The predicted octanol–water partition coefficient (Wildman–Crippen LogP) is 4.17. The molecule has 0 aliphatic heterocycles. The zero-order valence-electron chi connectivity index (χ0n) is 15.3. The summed E-state index contributed by atoms with van der Waals surface area (Å²) in [5, 5.41) is 8.34. The standard InChI is InChI=1S/C19H18N4O2S2.ClH/c1-12-21-14(10-26-12)11-27-15-8-6-13(7-9-15)18(24)23-17-5-3-4-16(22-17)19(25)20-2;/h3-10H,11H2,1-2H3,(H,20,25)(H,22,23,24);1H. The molecular weight excluding hydrogens is 416 g/mol. The van der Waals surface area contributed by atoms with Crippen LogP contribution in [0.3, 0.4) is 0 Å². The van der Waals surface area contributed by atoms with E-state index >= 15 is 0 Å². The Morgan fingerprint density at radius 2 is 1.82 bits per heavy atom. The molecule has 2 amide bonds. The number of rotatable bonds is 6. The molecule has 3 rings (SSSR count). The van der Waals surface area contributed by atoms with E-state index in [9.17, 15) is 9.59 Å². The Hall–Kier alpha value is -2.42. The fourth-order valence-electron chi connectivity index (χ4n) is 2.28. The van der Waals surface area contributed by atoms with E-state index in [1.54, 1.807) is 53.4 Å². The van der Waals surface area contributed by atoms with Crippen molar-refractivity contribution in [2.75, 3.05) is 12.4 Å². The summed E-state index contributed by atoms with van der Waals surface area (Å²) in [6, 6.07) is 12.3. The van der Waals surface area contributed by atoms with Gasteiger partial charge in [-0.25, -0.2) is 9.97 Å². The highest BCUT2D eigenvalue weighted by Gasteiger charge is 2.10. The van der Waals surface area contributed by atoms with Crippen LogP contribution in [0.1, 0.15) is 31.5 Å². The minimum Gasteiger partial charge on any atom is -0.354 e. The highest BCUT2D eigenvalue weighted by atomic mass is 35.5. The van der Waals surface area contributed by atoms with Gasteiger partial charge in [0.2, 0.25) is 0 Å². The Labute approximate surface area is 177 Å². The molecule has 0 atom stereocenters. The summed E-state index contributed by atoms with van der Waals surface area (Å²) < 4.78 is 0. The maximum Gasteiger partial charge on any atom is 0.269 e. The van der Waals surface area contributed by atoms with Crippen LogP contribution in [-0.4, -0.2) is 28.8 Å². The fraction of sp³-hybridized carbons (Fsp3) is 0.158.